The Hall–Kier alpha value is -3.22. The normalized spacial score (nSPS) is 35.7. The van der Waals surface area contributed by atoms with Crippen molar-refractivity contribution in [2.75, 3.05) is 74.7 Å². The Kier molecular flexibility index (Phi) is 27.8. The number of carbonyl (C=O) groups excluding carboxylic acids is 5. The number of amides is 1. The molecule has 4 aliphatic rings. The minimum absolute atomic E-state index is 0.0336. The van der Waals surface area contributed by atoms with Crippen molar-refractivity contribution in [2.45, 2.75) is 186 Å². The second-order valence-electron chi connectivity index (χ2n) is 22.8. The number of nitrogens with zero attached hydrogens (tertiary/aromatic N) is 1. The first kappa shape index (κ1) is 66.3. The summed E-state index contributed by atoms with van der Waals surface area (Å²) < 4.78 is 66.1. The number of rotatable bonds is 15. The zero-order valence-electron chi connectivity index (χ0n) is 48.7. The van der Waals surface area contributed by atoms with E-state index in [4.69, 9.17) is 42.4 Å². The standard InChI is InChI=1S/C59H96NO16P/c1-38-19-15-14-16-20-39(2)51(73-30-29-72-28-27-68-8)35-46-24-22-44(7)59(66,75-46)37-49(62)57(64)60-26-18-17-21-47(60)58(65)74-52(41(4)33-45-23-25-50(53(34-45)69-9)76-77(12,13)67)36-48(61)40(3)32-43(6)55(70-10)56(71-11)54(63)42(5)31-38/h14-16,19-20,32,38,40-42,44-47,50-53,55-56,66H,17-18,21-31,33-37H2,1-13H3/b16-14+,19-15+,39-20?,43-32+/t38-,40-,41-,42-,44-,45+,46+,47+,50-,51-,52+,53-,55-,56+,59+/m1/s1. The number of methoxy groups -OCH3 is 4. The van der Waals surface area contributed by atoms with Crippen molar-refractivity contribution >= 4 is 36.6 Å². The summed E-state index contributed by atoms with van der Waals surface area (Å²) in [6.07, 6.45) is 12.5. The largest absolute Gasteiger partial charge is 0.460 e. The summed E-state index contributed by atoms with van der Waals surface area (Å²) in [6.45, 7) is 18.0. The van der Waals surface area contributed by atoms with E-state index in [2.05, 4.69) is 0 Å². The van der Waals surface area contributed by atoms with E-state index in [1.807, 2.05) is 65.0 Å². The smallest absolute Gasteiger partial charge is 0.329 e. The third kappa shape index (κ3) is 20.7. The van der Waals surface area contributed by atoms with E-state index in [1.165, 1.54) is 19.1 Å². The number of aliphatic hydroxyl groups is 1. The molecule has 1 N–H and O–H groups in total. The van der Waals surface area contributed by atoms with E-state index in [1.54, 1.807) is 47.5 Å². The van der Waals surface area contributed by atoms with Crippen LogP contribution < -0.4 is 0 Å². The van der Waals surface area contributed by atoms with Gasteiger partial charge in [-0.25, -0.2) is 4.79 Å². The summed E-state index contributed by atoms with van der Waals surface area (Å²) in [5.74, 6) is -6.56. The van der Waals surface area contributed by atoms with E-state index < -0.39 is 85.6 Å². The molecule has 3 heterocycles. The van der Waals surface area contributed by atoms with Crippen molar-refractivity contribution in [3.05, 3.63) is 47.6 Å². The molecule has 1 saturated carbocycles. The highest BCUT2D eigenvalue weighted by Crippen LogP contribution is 2.45. The first-order valence-electron chi connectivity index (χ1n) is 28.2. The lowest BCUT2D eigenvalue weighted by Crippen LogP contribution is -2.54. The number of Topliss-reactive ketones (excluding diaryl/α,β-unsaturated/α-hetero) is 3. The Bertz CT molecular complexity index is 2080. The molecule has 2 saturated heterocycles. The van der Waals surface area contributed by atoms with Gasteiger partial charge in [0.25, 0.3) is 5.91 Å². The fourth-order valence-electron chi connectivity index (χ4n) is 11.4. The molecule has 3 aliphatic heterocycles. The molecular formula is C59H96NO16P. The Morgan fingerprint density at radius 2 is 1.52 bits per heavy atom. The summed E-state index contributed by atoms with van der Waals surface area (Å²) in [6, 6.07) is -1.10. The molecule has 15 atom stereocenters. The van der Waals surface area contributed by atoms with Gasteiger partial charge < -0.3 is 52.4 Å². The lowest BCUT2D eigenvalue weighted by atomic mass is 9.78. The van der Waals surface area contributed by atoms with Gasteiger partial charge in [-0.3, -0.25) is 23.7 Å². The van der Waals surface area contributed by atoms with Crippen LogP contribution in [-0.4, -0.2) is 169 Å². The quantitative estimate of drug-likeness (QED) is 0.0534. The van der Waals surface area contributed by atoms with Crippen LogP contribution in [0.5, 0.6) is 0 Å². The Balaban J connectivity index is 1.71. The second-order valence-corrected chi connectivity index (χ2v) is 25.5. The predicted octanol–water partition coefficient (Wildman–Crippen LogP) is 8.82. The second kappa shape index (κ2) is 32.3. The lowest BCUT2D eigenvalue weighted by Gasteiger charge is -2.43. The van der Waals surface area contributed by atoms with Gasteiger partial charge in [-0.05, 0) is 107 Å². The Labute approximate surface area is 460 Å². The van der Waals surface area contributed by atoms with Gasteiger partial charge in [0.2, 0.25) is 5.78 Å². The summed E-state index contributed by atoms with van der Waals surface area (Å²) in [5.41, 5.74) is 1.53. The molecule has 0 aromatic heterocycles. The number of ether oxygens (including phenoxy) is 8. The van der Waals surface area contributed by atoms with Crippen LogP contribution in [0.15, 0.2) is 47.6 Å². The van der Waals surface area contributed by atoms with Crippen LogP contribution in [0.1, 0.15) is 132 Å². The number of fused-ring (bicyclic) bond motifs is 3. The van der Waals surface area contributed by atoms with Gasteiger partial charge in [-0.1, -0.05) is 71.1 Å². The molecule has 18 heteroatoms. The third-order valence-corrected chi connectivity index (χ3v) is 16.8. The monoisotopic (exact) mass is 1110 g/mol. The first-order chi connectivity index (χ1) is 36.4. The third-order valence-electron chi connectivity index (χ3n) is 16.0. The molecule has 2 bridgehead atoms. The number of cyclic esters (lactones) is 1. The maximum atomic E-state index is 14.6. The molecule has 77 heavy (non-hydrogen) atoms. The van der Waals surface area contributed by atoms with Crippen LogP contribution in [-0.2, 0) is 71.0 Å². The topological polar surface area (TPSA) is 209 Å². The molecule has 1 amide bonds. The predicted molar refractivity (Wildman–Crippen MR) is 295 cm³/mol. The number of carbonyl (C=O) groups is 5. The molecule has 1 aliphatic carbocycles. The molecule has 17 nitrogen and oxygen atoms in total. The highest BCUT2D eigenvalue weighted by molar-refractivity contribution is 7.57. The minimum atomic E-state index is -2.79. The lowest BCUT2D eigenvalue weighted by molar-refractivity contribution is -0.282. The molecule has 0 aromatic rings. The van der Waals surface area contributed by atoms with Gasteiger partial charge >= 0.3 is 5.97 Å². The SMILES string of the molecule is COCCOCCO[C@@H]1C[C@@H]2CC[C@@H](C)[C@](O)(CC(=O)C(=O)N3CCCC[C@H]3C(=O)O[C@H]([C@H](C)C[C@@H]3CC[C@@H](OP(C)(C)=O)[C@H](OC)C3)CC(=O)[C@H](C)/C=C(\C)[C@@H](OC)[C@@H](OC)C(=O)[C@H](C)C[C@H](C)/C=C/C=C/C=C1C)O2. The van der Waals surface area contributed by atoms with Gasteiger partial charge in [0.1, 0.15) is 30.1 Å². The molecule has 0 unspecified atom stereocenters. The molecule has 438 valence electrons. The minimum Gasteiger partial charge on any atom is -0.460 e. The van der Waals surface area contributed by atoms with Crippen molar-refractivity contribution in [3.63, 3.8) is 0 Å². The highest BCUT2D eigenvalue weighted by Gasteiger charge is 2.47. The first-order valence-corrected chi connectivity index (χ1v) is 30.7. The van der Waals surface area contributed by atoms with E-state index in [9.17, 15) is 33.6 Å². The van der Waals surface area contributed by atoms with Crippen LogP contribution in [0, 0.1) is 35.5 Å². The highest BCUT2D eigenvalue weighted by atomic mass is 31.2. The van der Waals surface area contributed by atoms with Gasteiger partial charge in [0, 0.05) is 78.9 Å². The number of esters is 1. The van der Waals surface area contributed by atoms with Crippen LogP contribution in [0.25, 0.3) is 0 Å². The maximum absolute atomic E-state index is 14.6. The van der Waals surface area contributed by atoms with Gasteiger partial charge in [-0.2, -0.15) is 0 Å². The van der Waals surface area contributed by atoms with E-state index >= 15 is 0 Å². The van der Waals surface area contributed by atoms with Gasteiger partial charge in [0.15, 0.2) is 18.9 Å². The molecule has 3 fully saturated rings. The number of hydrogen-bond donors (Lipinski definition) is 1. The van der Waals surface area contributed by atoms with Crippen LogP contribution >= 0.6 is 7.37 Å². The summed E-state index contributed by atoms with van der Waals surface area (Å²) in [7, 11) is 3.41. The average Bonchev–Trinajstić information content (AvgIpc) is 3.38. The maximum Gasteiger partial charge on any atom is 0.329 e. The Morgan fingerprint density at radius 1 is 0.805 bits per heavy atom. The van der Waals surface area contributed by atoms with Crippen molar-refractivity contribution in [1.29, 1.82) is 0 Å². The Morgan fingerprint density at radius 3 is 2.19 bits per heavy atom. The summed E-state index contributed by atoms with van der Waals surface area (Å²) >= 11 is 0. The van der Waals surface area contributed by atoms with Crippen molar-refractivity contribution in [1.82, 2.24) is 4.90 Å². The average molecular weight is 1110 g/mol. The molecule has 0 spiro atoms. The van der Waals surface area contributed by atoms with Crippen LogP contribution in [0.4, 0.5) is 0 Å². The van der Waals surface area contributed by atoms with Crippen molar-refractivity contribution < 1.29 is 76.1 Å². The molecule has 4 rings (SSSR count). The zero-order chi connectivity index (χ0) is 57.0. The van der Waals surface area contributed by atoms with Crippen LogP contribution in [0.3, 0.4) is 0 Å². The number of hydrogen-bond acceptors (Lipinski definition) is 16. The van der Waals surface area contributed by atoms with Crippen molar-refractivity contribution in [3.8, 4) is 0 Å². The molecule has 0 radical (unpaired) electrons. The zero-order valence-corrected chi connectivity index (χ0v) is 49.6. The number of allylic oxidation sites excluding steroid dienone is 6. The van der Waals surface area contributed by atoms with E-state index in [0.29, 0.717) is 83.2 Å². The summed E-state index contributed by atoms with van der Waals surface area (Å²) in [5, 5.41) is 12.1. The fraction of sp³-hybridized carbons (Fsp3) is 0.780. The molecular weight excluding hydrogens is 1010 g/mol. The van der Waals surface area contributed by atoms with Gasteiger partial charge in [0.05, 0.1) is 57.3 Å². The van der Waals surface area contributed by atoms with E-state index in [0.717, 1.165) is 12.0 Å². The van der Waals surface area contributed by atoms with Crippen molar-refractivity contribution in [2.24, 2.45) is 35.5 Å². The van der Waals surface area contributed by atoms with Gasteiger partial charge in [-0.15, -0.1) is 0 Å². The molecule has 0 aromatic carbocycles. The number of piperidine rings is 1. The summed E-state index contributed by atoms with van der Waals surface area (Å²) in [4.78, 5) is 72.9. The fourth-order valence-corrected chi connectivity index (χ4v) is 12.3. The number of ketones is 3. The van der Waals surface area contributed by atoms with Crippen LogP contribution in [0.2, 0.25) is 0 Å². The van der Waals surface area contributed by atoms with E-state index in [-0.39, 0.29) is 73.4 Å².